The number of amides is 1. The highest BCUT2D eigenvalue weighted by Gasteiger charge is 2.09. The highest BCUT2D eigenvalue weighted by Crippen LogP contribution is 2.25. The number of carbonyl (C=O) groups is 1. The van der Waals surface area contributed by atoms with E-state index in [0.717, 1.165) is 33.5 Å². The van der Waals surface area contributed by atoms with E-state index >= 15 is 0 Å². The van der Waals surface area contributed by atoms with Gasteiger partial charge in [-0.05, 0) is 16.7 Å². The number of nitrogens with zero attached hydrogens (tertiary/aromatic N) is 3. The number of fused-ring (bicyclic) bond motifs is 1. The van der Waals surface area contributed by atoms with Crippen molar-refractivity contribution in [1.82, 2.24) is 19.9 Å². The summed E-state index contributed by atoms with van der Waals surface area (Å²) in [5.74, 6) is -0.292. The van der Waals surface area contributed by atoms with E-state index in [2.05, 4.69) is 51.8 Å². The van der Waals surface area contributed by atoms with Crippen molar-refractivity contribution in [2.75, 3.05) is 6.54 Å². The summed E-state index contributed by atoms with van der Waals surface area (Å²) in [6, 6.07) is 18.4. The third-order valence-corrected chi connectivity index (χ3v) is 4.61. The number of nitrogens with two attached hydrogens (primary N) is 1. The molecular weight excluding hydrogens is 350 g/mol. The van der Waals surface area contributed by atoms with Crippen molar-refractivity contribution < 1.29 is 4.79 Å². The molecule has 0 radical (unpaired) electrons. The molecule has 0 saturated carbocycles. The maximum Gasteiger partial charge on any atom is 0.218 e. The van der Waals surface area contributed by atoms with Crippen LogP contribution in [-0.2, 0) is 11.3 Å². The van der Waals surface area contributed by atoms with Crippen LogP contribution in [0.25, 0.3) is 27.9 Å². The van der Waals surface area contributed by atoms with E-state index in [1.807, 2.05) is 41.3 Å². The zero-order valence-corrected chi connectivity index (χ0v) is 15.4. The van der Waals surface area contributed by atoms with Gasteiger partial charge in [0.15, 0.2) is 5.65 Å². The molecule has 4 aromatic rings. The topological polar surface area (TPSA) is 85.3 Å². The first-order valence-electron chi connectivity index (χ1n) is 9.18. The summed E-state index contributed by atoms with van der Waals surface area (Å²) < 4.78 is 1.82. The van der Waals surface area contributed by atoms with Gasteiger partial charge in [-0.2, -0.15) is 5.10 Å². The van der Waals surface area contributed by atoms with E-state index in [-0.39, 0.29) is 5.91 Å². The number of rotatable bonds is 7. The molecular formula is C22H21N5O. The van der Waals surface area contributed by atoms with Crippen LogP contribution in [0.4, 0.5) is 0 Å². The highest BCUT2D eigenvalue weighted by atomic mass is 16.1. The predicted molar refractivity (Wildman–Crippen MR) is 109 cm³/mol. The molecule has 6 nitrogen and oxygen atoms in total. The molecule has 0 saturated heterocycles. The van der Waals surface area contributed by atoms with Crippen molar-refractivity contribution in [3.8, 4) is 22.3 Å². The molecule has 28 heavy (non-hydrogen) atoms. The summed E-state index contributed by atoms with van der Waals surface area (Å²) in [4.78, 5) is 15.4. The molecule has 0 aliphatic rings. The Balaban J connectivity index is 1.51. The number of carbonyl (C=O) groups excluding carboxylic acids is 1. The lowest BCUT2D eigenvalue weighted by atomic mass is 10.1. The highest BCUT2D eigenvalue weighted by molar-refractivity contribution is 5.77. The standard InChI is InChI=1S/C22H21N5O/c23-21(28)10-11-24-12-16-6-8-17(9-7-16)19-13-25-22-20(14-26-27(22)15-19)18-4-2-1-3-5-18/h1-9,13-15,24H,10-12H2,(H2,23,28). The van der Waals surface area contributed by atoms with Crippen LogP contribution in [0.5, 0.6) is 0 Å². The van der Waals surface area contributed by atoms with Gasteiger partial charge >= 0.3 is 0 Å². The van der Waals surface area contributed by atoms with Crippen molar-refractivity contribution in [1.29, 1.82) is 0 Å². The van der Waals surface area contributed by atoms with E-state index in [4.69, 9.17) is 5.73 Å². The van der Waals surface area contributed by atoms with E-state index < -0.39 is 0 Å². The molecule has 0 atom stereocenters. The zero-order chi connectivity index (χ0) is 19.3. The third kappa shape index (κ3) is 3.92. The SMILES string of the molecule is NC(=O)CCNCc1ccc(-c2cnc3c(-c4ccccc4)cnn3c2)cc1. The molecule has 4 rings (SSSR count). The fourth-order valence-corrected chi connectivity index (χ4v) is 3.10. The van der Waals surface area contributed by atoms with Crippen LogP contribution < -0.4 is 11.1 Å². The Morgan fingerprint density at radius 1 is 0.964 bits per heavy atom. The number of benzene rings is 2. The average molecular weight is 371 g/mol. The number of hydrogen-bond donors (Lipinski definition) is 2. The van der Waals surface area contributed by atoms with Crippen LogP contribution in [0.3, 0.4) is 0 Å². The van der Waals surface area contributed by atoms with Gasteiger partial charge < -0.3 is 11.1 Å². The lowest BCUT2D eigenvalue weighted by molar-refractivity contribution is -0.117. The number of aromatic nitrogens is 3. The third-order valence-electron chi connectivity index (χ3n) is 4.61. The van der Waals surface area contributed by atoms with Crippen LogP contribution in [0.1, 0.15) is 12.0 Å². The van der Waals surface area contributed by atoms with Gasteiger partial charge in [-0.3, -0.25) is 4.79 Å². The Morgan fingerprint density at radius 2 is 1.75 bits per heavy atom. The molecule has 0 aliphatic heterocycles. The molecule has 3 N–H and O–H groups in total. The Labute approximate surface area is 163 Å². The number of primary amides is 1. The zero-order valence-electron chi connectivity index (χ0n) is 15.4. The maximum absolute atomic E-state index is 10.8. The van der Waals surface area contributed by atoms with Gasteiger partial charge in [0.1, 0.15) is 0 Å². The van der Waals surface area contributed by atoms with Crippen molar-refractivity contribution in [2.24, 2.45) is 5.73 Å². The largest absolute Gasteiger partial charge is 0.370 e. The van der Waals surface area contributed by atoms with Crippen molar-refractivity contribution in [3.05, 3.63) is 78.8 Å². The molecule has 0 unspecified atom stereocenters. The van der Waals surface area contributed by atoms with Crippen LogP contribution in [0.2, 0.25) is 0 Å². The van der Waals surface area contributed by atoms with Gasteiger partial charge in [0.25, 0.3) is 0 Å². The first-order valence-corrected chi connectivity index (χ1v) is 9.18. The normalized spacial score (nSPS) is 11.0. The molecule has 140 valence electrons. The minimum absolute atomic E-state index is 0.292. The monoisotopic (exact) mass is 371 g/mol. The van der Waals surface area contributed by atoms with E-state index in [0.29, 0.717) is 19.5 Å². The second-order valence-electron chi connectivity index (χ2n) is 6.63. The minimum Gasteiger partial charge on any atom is -0.370 e. The Morgan fingerprint density at radius 3 is 2.50 bits per heavy atom. The van der Waals surface area contributed by atoms with Crippen molar-refractivity contribution in [2.45, 2.75) is 13.0 Å². The molecule has 6 heteroatoms. The average Bonchev–Trinajstić information content (AvgIpc) is 3.15. The van der Waals surface area contributed by atoms with Crippen LogP contribution in [0, 0.1) is 0 Å². The first-order chi connectivity index (χ1) is 13.7. The Kier molecular flexibility index (Phi) is 5.12. The molecule has 0 aliphatic carbocycles. The van der Waals surface area contributed by atoms with Crippen molar-refractivity contribution in [3.63, 3.8) is 0 Å². The second kappa shape index (κ2) is 8.02. The van der Waals surface area contributed by atoms with Gasteiger partial charge in [-0.15, -0.1) is 0 Å². The molecule has 1 amide bonds. The van der Waals surface area contributed by atoms with Gasteiger partial charge in [0.05, 0.1) is 6.20 Å². The lowest BCUT2D eigenvalue weighted by Crippen LogP contribution is -2.21. The van der Waals surface area contributed by atoms with Crippen LogP contribution in [0.15, 0.2) is 73.2 Å². The van der Waals surface area contributed by atoms with Crippen molar-refractivity contribution >= 4 is 11.6 Å². The predicted octanol–water partition coefficient (Wildman–Crippen LogP) is 3.03. The second-order valence-corrected chi connectivity index (χ2v) is 6.63. The van der Waals surface area contributed by atoms with Gasteiger partial charge in [0.2, 0.25) is 5.91 Å². The minimum atomic E-state index is -0.292. The summed E-state index contributed by atoms with van der Waals surface area (Å²) in [5.41, 5.74) is 11.3. The molecule has 2 aromatic carbocycles. The van der Waals surface area contributed by atoms with E-state index in [1.54, 1.807) is 0 Å². The Hall–Kier alpha value is -3.51. The summed E-state index contributed by atoms with van der Waals surface area (Å²) in [6.07, 6.45) is 6.07. The fraction of sp³-hybridized carbons (Fsp3) is 0.136. The van der Waals surface area contributed by atoms with Crippen LogP contribution in [-0.4, -0.2) is 27.0 Å². The number of hydrogen-bond acceptors (Lipinski definition) is 4. The molecule has 2 aromatic heterocycles. The summed E-state index contributed by atoms with van der Waals surface area (Å²) in [7, 11) is 0. The molecule has 0 fully saturated rings. The van der Waals surface area contributed by atoms with E-state index in [1.165, 1.54) is 0 Å². The first kappa shape index (κ1) is 17.9. The quantitative estimate of drug-likeness (QED) is 0.489. The molecule has 0 spiro atoms. The van der Waals surface area contributed by atoms with Gasteiger partial charge in [0, 0.05) is 43.0 Å². The van der Waals surface area contributed by atoms with E-state index in [9.17, 15) is 4.79 Å². The molecule has 2 heterocycles. The maximum atomic E-state index is 10.8. The Bertz CT molecular complexity index is 1090. The smallest absolute Gasteiger partial charge is 0.218 e. The van der Waals surface area contributed by atoms with Gasteiger partial charge in [-0.25, -0.2) is 9.50 Å². The summed E-state index contributed by atoms with van der Waals surface area (Å²) >= 11 is 0. The van der Waals surface area contributed by atoms with Gasteiger partial charge in [-0.1, -0.05) is 54.6 Å². The lowest BCUT2D eigenvalue weighted by Gasteiger charge is -2.06. The fourth-order valence-electron chi connectivity index (χ4n) is 3.10. The van der Waals surface area contributed by atoms with Crippen LogP contribution >= 0.6 is 0 Å². The summed E-state index contributed by atoms with van der Waals surface area (Å²) in [5, 5.41) is 7.68. The number of nitrogens with one attached hydrogen (secondary N) is 1. The molecule has 0 bridgehead atoms. The summed E-state index contributed by atoms with van der Waals surface area (Å²) in [6.45, 7) is 1.28.